The summed E-state index contributed by atoms with van der Waals surface area (Å²) in [6.07, 6.45) is 6.39. The van der Waals surface area contributed by atoms with Crippen LogP contribution in [0.5, 0.6) is 0 Å². The van der Waals surface area contributed by atoms with Crippen LogP contribution in [0.2, 0.25) is 0 Å². The smallest absolute Gasteiger partial charge is 0.222 e. The number of carbonyl (C=O) groups is 2. The highest BCUT2D eigenvalue weighted by molar-refractivity contribution is 5.78. The molecule has 0 atom stereocenters. The maximum atomic E-state index is 11.4. The van der Waals surface area contributed by atoms with Gasteiger partial charge in [-0.05, 0) is 6.42 Å². The summed E-state index contributed by atoms with van der Waals surface area (Å²) in [5, 5.41) is 5.58. The number of rotatable bonds is 10. The van der Waals surface area contributed by atoms with Crippen LogP contribution in [0.15, 0.2) is 0 Å². The normalized spacial score (nSPS) is 10.4. The van der Waals surface area contributed by atoms with Crippen molar-refractivity contribution in [2.45, 2.75) is 59.3 Å². The molecule has 0 bridgehead atoms. The van der Waals surface area contributed by atoms with E-state index in [0.717, 1.165) is 12.8 Å². The summed E-state index contributed by atoms with van der Waals surface area (Å²) in [6, 6.07) is 0. The van der Waals surface area contributed by atoms with E-state index in [1.165, 1.54) is 19.3 Å². The van der Waals surface area contributed by atoms with Gasteiger partial charge in [0.2, 0.25) is 11.8 Å². The van der Waals surface area contributed by atoms with Gasteiger partial charge in [0.25, 0.3) is 0 Å². The van der Waals surface area contributed by atoms with Crippen LogP contribution in [0, 0.1) is 5.92 Å². The number of carbonyl (C=O) groups excluding carboxylic acids is 2. The van der Waals surface area contributed by atoms with Crippen LogP contribution in [0.1, 0.15) is 59.3 Å². The first-order valence-corrected chi connectivity index (χ1v) is 7.12. The Morgan fingerprint density at radius 2 is 1.56 bits per heavy atom. The molecule has 0 aliphatic heterocycles. The van der Waals surface area contributed by atoms with Crippen molar-refractivity contribution >= 4 is 11.8 Å². The van der Waals surface area contributed by atoms with E-state index in [4.69, 9.17) is 0 Å². The van der Waals surface area contributed by atoms with Crippen LogP contribution in [0.4, 0.5) is 0 Å². The third kappa shape index (κ3) is 10.1. The van der Waals surface area contributed by atoms with Crippen molar-refractivity contribution in [1.29, 1.82) is 0 Å². The van der Waals surface area contributed by atoms with Crippen LogP contribution in [-0.2, 0) is 9.59 Å². The first-order chi connectivity index (χ1) is 8.57. The minimum absolute atomic E-state index is 0.000679. The Balaban J connectivity index is 3.34. The number of unbranched alkanes of at least 4 members (excludes halogenated alkanes) is 4. The molecule has 0 aliphatic carbocycles. The van der Waals surface area contributed by atoms with Gasteiger partial charge in [-0.2, -0.15) is 0 Å². The van der Waals surface area contributed by atoms with Crippen LogP contribution < -0.4 is 10.6 Å². The molecular weight excluding hydrogens is 228 g/mol. The van der Waals surface area contributed by atoms with Crippen molar-refractivity contribution < 1.29 is 9.59 Å². The second-order valence-corrected chi connectivity index (χ2v) is 4.96. The maximum Gasteiger partial charge on any atom is 0.222 e. The van der Waals surface area contributed by atoms with E-state index in [9.17, 15) is 9.59 Å². The molecule has 0 aliphatic rings. The van der Waals surface area contributed by atoms with Gasteiger partial charge in [-0.1, -0.05) is 46.5 Å². The van der Waals surface area contributed by atoms with E-state index >= 15 is 0 Å². The van der Waals surface area contributed by atoms with Gasteiger partial charge in [-0.3, -0.25) is 9.59 Å². The van der Waals surface area contributed by atoms with Crippen molar-refractivity contribution in [3.8, 4) is 0 Å². The Morgan fingerprint density at radius 1 is 0.944 bits per heavy atom. The summed E-state index contributed by atoms with van der Waals surface area (Å²) >= 11 is 0. The zero-order valence-corrected chi connectivity index (χ0v) is 12.1. The van der Waals surface area contributed by atoms with Crippen molar-refractivity contribution in [3.63, 3.8) is 0 Å². The Bertz CT molecular complexity index is 240. The van der Waals surface area contributed by atoms with Gasteiger partial charge in [-0.15, -0.1) is 0 Å². The summed E-state index contributed by atoms with van der Waals surface area (Å²) < 4.78 is 0. The Hall–Kier alpha value is -1.06. The lowest BCUT2D eigenvalue weighted by Crippen LogP contribution is -2.36. The van der Waals surface area contributed by atoms with Gasteiger partial charge < -0.3 is 10.6 Å². The van der Waals surface area contributed by atoms with Gasteiger partial charge in [0.15, 0.2) is 0 Å². The van der Waals surface area contributed by atoms with Gasteiger partial charge in [0, 0.05) is 25.4 Å². The molecular formula is C14H28N2O2. The van der Waals surface area contributed by atoms with E-state index in [0.29, 0.717) is 19.5 Å². The third-order valence-corrected chi connectivity index (χ3v) is 2.78. The quantitative estimate of drug-likeness (QED) is 0.589. The molecule has 0 aromatic heterocycles. The van der Waals surface area contributed by atoms with Gasteiger partial charge >= 0.3 is 0 Å². The highest BCUT2D eigenvalue weighted by Crippen LogP contribution is 2.04. The average molecular weight is 256 g/mol. The molecule has 2 N–H and O–H groups in total. The molecule has 0 spiro atoms. The topological polar surface area (TPSA) is 58.2 Å². The zero-order valence-electron chi connectivity index (χ0n) is 12.1. The molecule has 0 saturated heterocycles. The van der Waals surface area contributed by atoms with E-state index in [2.05, 4.69) is 17.6 Å². The maximum absolute atomic E-state index is 11.4. The minimum atomic E-state index is -0.000679. The van der Waals surface area contributed by atoms with Crippen LogP contribution >= 0.6 is 0 Å². The molecule has 0 aromatic rings. The number of hydrogen-bond acceptors (Lipinski definition) is 2. The van der Waals surface area contributed by atoms with Gasteiger partial charge in [-0.25, -0.2) is 0 Å². The highest BCUT2D eigenvalue weighted by atomic mass is 16.2. The summed E-state index contributed by atoms with van der Waals surface area (Å²) in [5.41, 5.74) is 0. The standard InChI is InChI=1S/C14H28N2O2/c1-4-5-6-7-8-9-13(17)15-10-11-16-14(18)12(2)3/h12H,4-11H2,1-3H3,(H,15,17)(H,16,18). The van der Waals surface area contributed by atoms with Crippen LogP contribution in [0.25, 0.3) is 0 Å². The molecule has 106 valence electrons. The molecule has 0 unspecified atom stereocenters. The van der Waals surface area contributed by atoms with E-state index in [1.807, 2.05) is 13.8 Å². The van der Waals surface area contributed by atoms with Crippen molar-refractivity contribution in [2.24, 2.45) is 5.92 Å². The predicted molar refractivity (Wildman–Crippen MR) is 74.2 cm³/mol. The average Bonchev–Trinajstić information content (AvgIpc) is 2.34. The Morgan fingerprint density at radius 3 is 2.17 bits per heavy atom. The zero-order chi connectivity index (χ0) is 13.8. The van der Waals surface area contributed by atoms with Gasteiger partial charge in [0.05, 0.1) is 0 Å². The third-order valence-electron chi connectivity index (χ3n) is 2.78. The summed E-state index contributed by atoms with van der Waals surface area (Å²) in [4.78, 5) is 22.7. The fourth-order valence-electron chi connectivity index (χ4n) is 1.57. The lowest BCUT2D eigenvalue weighted by molar-refractivity contribution is -0.124. The molecule has 0 heterocycles. The highest BCUT2D eigenvalue weighted by Gasteiger charge is 2.05. The second-order valence-electron chi connectivity index (χ2n) is 4.96. The molecule has 0 aromatic carbocycles. The summed E-state index contributed by atoms with van der Waals surface area (Å²) in [5.74, 6) is 0.119. The number of amides is 2. The fourth-order valence-corrected chi connectivity index (χ4v) is 1.57. The van der Waals surface area contributed by atoms with Crippen LogP contribution in [0.3, 0.4) is 0 Å². The summed E-state index contributed by atoms with van der Waals surface area (Å²) in [6.45, 7) is 6.91. The number of hydrogen-bond donors (Lipinski definition) is 2. The van der Waals surface area contributed by atoms with Crippen LogP contribution in [-0.4, -0.2) is 24.9 Å². The van der Waals surface area contributed by atoms with E-state index in [-0.39, 0.29) is 17.7 Å². The predicted octanol–water partition coefficient (Wildman–Crippen LogP) is 2.24. The molecule has 0 radical (unpaired) electrons. The summed E-state index contributed by atoms with van der Waals surface area (Å²) in [7, 11) is 0. The van der Waals surface area contributed by atoms with Crippen molar-refractivity contribution in [2.75, 3.05) is 13.1 Å². The second kappa shape index (κ2) is 11.1. The minimum Gasteiger partial charge on any atom is -0.354 e. The molecule has 18 heavy (non-hydrogen) atoms. The molecule has 2 amide bonds. The molecule has 0 rings (SSSR count). The van der Waals surface area contributed by atoms with Crippen molar-refractivity contribution in [3.05, 3.63) is 0 Å². The Labute approximate surface area is 111 Å². The lowest BCUT2D eigenvalue weighted by Gasteiger charge is -2.08. The largest absolute Gasteiger partial charge is 0.354 e. The first-order valence-electron chi connectivity index (χ1n) is 7.12. The molecule has 4 nitrogen and oxygen atoms in total. The fraction of sp³-hybridized carbons (Fsp3) is 0.857. The van der Waals surface area contributed by atoms with Crippen molar-refractivity contribution in [1.82, 2.24) is 10.6 Å². The van der Waals surface area contributed by atoms with E-state index in [1.54, 1.807) is 0 Å². The molecule has 0 fully saturated rings. The number of nitrogens with one attached hydrogen (secondary N) is 2. The SMILES string of the molecule is CCCCCCCC(=O)NCCNC(=O)C(C)C. The monoisotopic (exact) mass is 256 g/mol. The lowest BCUT2D eigenvalue weighted by atomic mass is 10.1. The van der Waals surface area contributed by atoms with Gasteiger partial charge in [0.1, 0.15) is 0 Å². The molecule has 4 heteroatoms. The van der Waals surface area contributed by atoms with E-state index < -0.39 is 0 Å². The molecule has 0 saturated carbocycles. The Kier molecular flexibility index (Phi) is 10.4. The first kappa shape index (κ1) is 16.9.